The van der Waals surface area contributed by atoms with Gasteiger partial charge in [-0.2, -0.15) is 0 Å². The van der Waals surface area contributed by atoms with Crippen molar-refractivity contribution in [1.29, 1.82) is 0 Å². The number of aromatic hydroxyl groups is 1. The van der Waals surface area contributed by atoms with Gasteiger partial charge in [0.2, 0.25) is 0 Å². The highest BCUT2D eigenvalue weighted by Gasteiger charge is 2.21. The number of phenolic OH excluding ortho intramolecular Hbond substituents is 1. The first-order chi connectivity index (χ1) is 8.83. The lowest BCUT2D eigenvalue weighted by Gasteiger charge is -2.26. The van der Waals surface area contributed by atoms with E-state index in [0.717, 1.165) is 24.3 Å². The molecule has 0 bridgehead atoms. The predicted molar refractivity (Wildman–Crippen MR) is 68.4 cm³/mol. The van der Waals surface area contributed by atoms with Crippen LogP contribution in [0.5, 0.6) is 17.2 Å². The Hall–Kier alpha value is -1.42. The van der Waals surface area contributed by atoms with Crippen molar-refractivity contribution in [1.82, 2.24) is 5.32 Å². The van der Waals surface area contributed by atoms with Crippen LogP contribution >= 0.6 is 0 Å². The van der Waals surface area contributed by atoms with Gasteiger partial charge in [-0.05, 0) is 31.9 Å². The molecule has 2 heterocycles. The van der Waals surface area contributed by atoms with Crippen molar-refractivity contribution in [3.05, 3.63) is 17.7 Å². The molecule has 1 saturated heterocycles. The van der Waals surface area contributed by atoms with Crippen molar-refractivity contribution in [2.24, 2.45) is 0 Å². The van der Waals surface area contributed by atoms with Crippen LogP contribution in [0.4, 0.5) is 0 Å². The second-order valence-corrected chi connectivity index (χ2v) is 4.98. The molecule has 0 saturated carbocycles. The largest absolute Gasteiger partial charge is 0.508 e. The zero-order valence-corrected chi connectivity index (χ0v) is 10.4. The first kappa shape index (κ1) is 11.7. The maximum Gasteiger partial charge on any atom is 0.165 e. The van der Waals surface area contributed by atoms with E-state index >= 15 is 0 Å². The van der Waals surface area contributed by atoms with Crippen LogP contribution in [-0.2, 0) is 6.42 Å². The number of hydrogen-bond acceptors (Lipinski definition) is 4. The summed E-state index contributed by atoms with van der Waals surface area (Å²) in [6, 6.07) is 3.91. The van der Waals surface area contributed by atoms with Crippen molar-refractivity contribution in [2.75, 3.05) is 19.8 Å². The molecule has 1 fully saturated rings. The van der Waals surface area contributed by atoms with Crippen LogP contribution in [0.15, 0.2) is 12.1 Å². The molecular formula is C14H19NO3. The van der Waals surface area contributed by atoms with Gasteiger partial charge in [0.1, 0.15) is 19.0 Å². The Bertz CT molecular complexity index is 427. The Balaban J connectivity index is 1.83. The monoisotopic (exact) mass is 249 g/mol. The Kier molecular flexibility index (Phi) is 3.28. The fourth-order valence-corrected chi connectivity index (χ4v) is 2.73. The van der Waals surface area contributed by atoms with Crippen LogP contribution < -0.4 is 14.8 Å². The summed E-state index contributed by atoms with van der Waals surface area (Å²) < 4.78 is 11.2. The number of ether oxygens (including phenoxy) is 2. The van der Waals surface area contributed by atoms with Gasteiger partial charge < -0.3 is 19.9 Å². The summed E-state index contributed by atoms with van der Waals surface area (Å²) in [5.41, 5.74) is 1.05. The third-order valence-corrected chi connectivity index (χ3v) is 3.58. The number of rotatable bonds is 2. The molecule has 0 spiro atoms. The highest BCUT2D eigenvalue weighted by molar-refractivity contribution is 5.52. The average molecular weight is 249 g/mol. The number of benzene rings is 1. The molecule has 0 aliphatic carbocycles. The lowest BCUT2D eigenvalue weighted by molar-refractivity contribution is 0.168. The zero-order valence-electron chi connectivity index (χ0n) is 10.4. The molecule has 2 aliphatic heterocycles. The summed E-state index contributed by atoms with van der Waals surface area (Å²) in [5, 5.41) is 13.3. The molecule has 1 atom stereocenters. The van der Waals surface area contributed by atoms with Crippen molar-refractivity contribution in [2.45, 2.75) is 31.7 Å². The van der Waals surface area contributed by atoms with E-state index in [9.17, 15) is 5.11 Å². The van der Waals surface area contributed by atoms with Gasteiger partial charge in [0.15, 0.2) is 11.5 Å². The lowest BCUT2D eigenvalue weighted by atomic mass is 9.97. The maximum atomic E-state index is 9.74. The number of nitrogens with one attached hydrogen (secondary N) is 1. The fraction of sp³-hybridized carbons (Fsp3) is 0.571. The quantitative estimate of drug-likeness (QED) is 0.840. The van der Waals surface area contributed by atoms with Crippen LogP contribution in [0, 0.1) is 0 Å². The van der Waals surface area contributed by atoms with E-state index in [1.54, 1.807) is 12.1 Å². The van der Waals surface area contributed by atoms with Gasteiger partial charge in [0.05, 0.1) is 0 Å². The highest BCUT2D eigenvalue weighted by atomic mass is 16.6. The summed E-state index contributed by atoms with van der Waals surface area (Å²) in [6.45, 7) is 2.23. The molecule has 1 unspecified atom stereocenters. The molecule has 4 nitrogen and oxygen atoms in total. The summed E-state index contributed by atoms with van der Waals surface area (Å²) in [5.74, 6) is 1.74. The number of fused-ring (bicyclic) bond motifs is 1. The van der Waals surface area contributed by atoms with Gasteiger partial charge in [-0.25, -0.2) is 0 Å². The van der Waals surface area contributed by atoms with Gasteiger partial charge in [-0.3, -0.25) is 0 Å². The van der Waals surface area contributed by atoms with Gasteiger partial charge in [0, 0.05) is 17.7 Å². The minimum absolute atomic E-state index is 0.255. The van der Waals surface area contributed by atoms with Crippen LogP contribution in [0.25, 0.3) is 0 Å². The van der Waals surface area contributed by atoms with E-state index in [1.165, 1.54) is 19.3 Å². The van der Waals surface area contributed by atoms with E-state index in [1.807, 2.05) is 0 Å². The lowest BCUT2D eigenvalue weighted by Crippen LogP contribution is -2.35. The van der Waals surface area contributed by atoms with Crippen LogP contribution in [-0.4, -0.2) is 30.9 Å². The highest BCUT2D eigenvalue weighted by Crippen LogP contribution is 2.38. The van der Waals surface area contributed by atoms with E-state index in [0.29, 0.717) is 25.0 Å². The van der Waals surface area contributed by atoms with Gasteiger partial charge >= 0.3 is 0 Å². The minimum Gasteiger partial charge on any atom is -0.508 e. The molecule has 1 aromatic rings. The number of phenols is 1. The van der Waals surface area contributed by atoms with E-state index < -0.39 is 0 Å². The summed E-state index contributed by atoms with van der Waals surface area (Å²) in [7, 11) is 0. The third-order valence-electron chi connectivity index (χ3n) is 3.58. The minimum atomic E-state index is 0.255. The summed E-state index contributed by atoms with van der Waals surface area (Å²) >= 11 is 0. The second kappa shape index (κ2) is 5.06. The second-order valence-electron chi connectivity index (χ2n) is 4.98. The molecular weight excluding hydrogens is 230 g/mol. The topological polar surface area (TPSA) is 50.7 Å². The Morgan fingerprint density at radius 3 is 2.94 bits per heavy atom. The van der Waals surface area contributed by atoms with Gasteiger partial charge in [-0.15, -0.1) is 0 Å². The predicted octanol–water partition coefficient (Wildman–Crippen LogP) is 1.85. The SMILES string of the molecule is Oc1cc(CC2CCCCN2)c2c(c1)OCCO2. The molecule has 2 N–H and O–H groups in total. The van der Waals surface area contributed by atoms with E-state index in [2.05, 4.69) is 5.32 Å². The zero-order chi connectivity index (χ0) is 12.4. The van der Waals surface area contributed by atoms with Crippen molar-refractivity contribution >= 4 is 0 Å². The average Bonchev–Trinajstić information content (AvgIpc) is 2.40. The molecule has 4 heteroatoms. The van der Waals surface area contributed by atoms with E-state index in [-0.39, 0.29) is 5.75 Å². The van der Waals surface area contributed by atoms with Crippen LogP contribution in [0.2, 0.25) is 0 Å². The van der Waals surface area contributed by atoms with Gasteiger partial charge in [0.25, 0.3) is 0 Å². The molecule has 3 rings (SSSR count). The van der Waals surface area contributed by atoms with Crippen molar-refractivity contribution < 1.29 is 14.6 Å². The summed E-state index contributed by atoms with van der Waals surface area (Å²) in [4.78, 5) is 0. The van der Waals surface area contributed by atoms with Crippen molar-refractivity contribution in [3.63, 3.8) is 0 Å². The maximum absolute atomic E-state index is 9.74. The van der Waals surface area contributed by atoms with Crippen LogP contribution in [0.1, 0.15) is 24.8 Å². The fourth-order valence-electron chi connectivity index (χ4n) is 2.73. The Morgan fingerprint density at radius 1 is 1.22 bits per heavy atom. The molecule has 1 aromatic carbocycles. The smallest absolute Gasteiger partial charge is 0.165 e. The Morgan fingerprint density at radius 2 is 2.11 bits per heavy atom. The molecule has 18 heavy (non-hydrogen) atoms. The van der Waals surface area contributed by atoms with Crippen LogP contribution in [0.3, 0.4) is 0 Å². The number of piperidine rings is 1. The number of hydrogen-bond donors (Lipinski definition) is 2. The first-order valence-electron chi connectivity index (χ1n) is 6.68. The van der Waals surface area contributed by atoms with E-state index in [4.69, 9.17) is 9.47 Å². The van der Waals surface area contributed by atoms with Crippen molar-refractivity contribution in [3.8, 4) is 17.2 Å². The molecule has 2 aliphatic rings. The summed E-state index contributed by atoms with van der Waals surface area (Å²) in [6.07, 6.45) is 4.61. The molecule has 0 amide bonds. The standard InChI is InChI=1S/C14H19NO3/c16-12-8-10(7-11-3-1-2-4-15-11)14-13(9-12)17-5-6-18-14/h8-9,11,15-16H,1-7H2. The molecule has 98 valence electrons. The first-order valence-corrected chi connectivity index (χ1v) is 6.68. The normalized spacial score (nSPS) is 22.8. The Labute approximate surface area is 107 Å². The third kappa shape index (κ3) is 2.38. The molecule has 0 radical (unpaired) electrons. The van der Waals surface area contributed by atoms with Gasteiger partial charge in [-0.1, -0.05) is 6.42 Å². The molecule has 0 aromatic heterocycles.